The third-order valence-corrected chi connectivity index (χ3v) is 2.96. The minimum atomic E-state index is -0.0290. The molecule has 1 aromatic heterocycles. The van der Waals surface area contributed by atoms with Gasteiger partial charge in [0.1, 0.15) is 0 Å². The molecule has 1 rings (SSSR count). The number of aliphatic hydroxyl groups excluding tert-OH is 1. The van der Waals surface area contributed by atoms with Crippen LogP contribution in [0.2, 0.25) is 0 Å². The minimum absolute atomic E-state index is 0.0290. The fourth-order valence-corrected chi connectivity index (χ4v) is 1.96. The van der Waals surface area contributed by atoms with Crippen molar-refractivity contribution >= 4 is 16.3 Å². The van der Waals surface area contributed by atoms with Gasteiger partial charge in [-0.15, -0.1) is 11.3 Å². The number of hydrogen-bond donors (Lipinski definition) is 1. The maximum absolute atomic E-state index is 9.12. The number of hydrogen-bond acceptors (Lipinski definition) is 3. The van der Waals surface area contributed by atoms with Crippen molar-refractivity contribution in [3.05, 3.63) is 17.5 Å². The number of rotatable bonds is 4. The average molecular weight is 199 g/mol. The summed E-state index contributed by atoms with van der Waals surface area (Å²) in [5.74, 6) is 0. The number of anilines is 1. The molecule has 74 valence electrons. The molecule has 2 nitrogen and oxygen atoms in total. The van der Waals surface area contributed by atoms with E-state index in [1.54, 1.807) is 11.3 Å². The van der Waals surface area contributed by atoms with Crippen molar-refractivity contribution in [1.29, 1.82) is 0 Å². The molecule has 0 aliphatic carbocycles. The van der Waals surface area contributed by atoms with E-state index in [1.165, 1.54) is 5.00 Å². The van der Waals surface area contributed by atoms with E-state index >= 15 is 0 Å². The predicted molar refractivity (Wildman–Crippen MR) is 58.5 cm³/mol. The summed E-state index contributed by atoms with van der Waals surface area (Å²) in [5.41, 5.74) is -0.0290. The molecule has 0 bridgehead atoms. The summed E-state index contributed by atoms with van der Waals surface area (Å²) in [6.45, 7) is 5.24. The summed E-state index contributed by atoms with van der Waals surface area (Å²) in [7, 11) is 2.06. The quantitative estimate of drug-likeness (QED) is 0.803. The lowest BCUT2D eigenvalue weighted by atomic mass is 9.94. The Kier molecular flexibility index (Phi) is 3.33. The van der Waals surface area contributed by atoms with E-state index < -0.39 is 0 Å². The Morgan fingerprint density at radius 3 is 2.69 bits per heavy atom. The molecular formula is C10H17NOS. The van der Waals surface area contributed by atoms with Crippen LogP contribution < -0.4 is 4.90 Å². The lowest BCUT2D eigenvalue weighted by Crippen LogP contribution is -2.33. The lowest BCUT2D eigenvalue weighted by molar-refractivity contribution is 0.165. The zero-order chi connectivity index (χ0) is 9.90. The Hall–Kier alpha value is -0.540. The molecule has 1 heterocycles. The first-order chi connectivity index (χ1) is 6.05. The van der Waals surface area contributed by atoms with Gasteiger partial charge in [0.25, 0.3) is 0 Å². The molecule has 0 saturated heterocycles. The largest absolute Gasteiger partial charge is 0.396 e. The lowest BCUT2D eigenvalue weighted by Gasteiger charge is -2.28. The standard InChI is InChI=1S/C10H17NOS/c1-10(2,8-12)7-11(3)9-5-4-6-13-9/h4-6,12H,7-8H2,1-3H3. The van der Waals surface area contributed by atoms with Crippen LogP contribution >= 0.6 is 11.3 Å². The van der Waals surface area contributed by atoms with Gasteiger partial charge >= 0.3 is 0 Å². The molecule has 13 heavy (non-hydrogen) atoms. The van der Waals surface area contributed by atoms with Gasteiger partial charge in [-0.2, -0.15) is 0 Å². The van der Waals surface area contributed by atoms with Gasteiger partial charge in [0.15, 0.2) is 0 Å². The van der Waals surface area contributed by atoms with E-state index in [0.29, 0.717) is 0 Å². The van der Waals surface area contributed by atoms with Gasteiger partial charge < -0.3 is 10.0 Å². The van der Waals surface area contributed by atoms with Gasteiger partial charge in [-0.3, -0.25) is 0 Å². The van der Waals surface area contributed by atoms with Gasteiger partial charge in [0.05, 0.1) is 5.00 Å². The maximum Gasteiger partial charge on any atom is 0.0906 e. The van der Waals surface area contributed by atoms with Crippen molar-refractivity contribution in [3.8, 4) is 0 Å². The Bertz CT molecular complexity index is 243. The Morgan fingerprint density at radius 2 is 2.23 bits per heavy atom. The van der Waals surface area contributed by atoms with E-state index in [-0.39, 0.29) is 12.0 Å². The molecule has 0 aliphatic heterocycles. The summed E-state index contributed by atoms with van der Waals surface area (Å²) in [6.07, 6.45) is 0. The monoisotopic (exact) mass is 199 g/mol. The third-order valence-electron chi connectivity index (χ3n) is 1.98. The van der Waals surface area contributed by atoms with Gasteiger partial charge in [-0.1, -0.05) is 13.8 Å². The summed E-state index contributed by atoms with van der Waals surface area (Å²) in [6, 6.07) is 4.14. The van der Waals surface area contributed by atoms with Crippen LogP contribution in [0.1, 0.15) is 13.8 Å². The van der Waals surface area contributed by atoms with E-state index in [1.807, 2.05) is 6.07 Å². The molecule has 0 spiro atoms. The molecule has 1 aromatic rings. The number of aliphatic hydroxyl groups is 1. The molecule has 0 aromatic carbocycles. The number of nitrogens with zero attached hydrogens (tertiary/aromatic N) is 1. The van der Waals surface area contributed by atoms with Crippen LogP contribution in [0.5, 0.6) is 0 Å². The van der Waals surface area contributed by atoms with Crippen molar-refractivity contribution in [1.82, 2.24) is 0 Å². The second kappa shape index (κ2) is 4.11. The van der Waals surface area contributed by atoms with Crippen molar-refractivity contribution < 1.29 is 5.11 Å². The van der Waals surface area contributed by atoms with Crippen molar-refractivity contribution in [2.24, 2.45) is 5.41 Å². The van der Waals surface area contributed by atoms with Crippen LogP contribution in [0.25, 0.3) is 0 Å². The topological polar surface area (TPSA) is 23.5 Å². The molecule has 0 saturated carbocycles. The summed E-state index contributed by atoms with van der Waals surface area (Å²) >= 11 is 1.73. The highest BCUT2D eigenvalue weighted by Gasteiger charge is 2.19. The molecule has 0 unspecified atom stereocenters. The van der Waals surface area contributed by atoms with Gasteiger partial charge in [-0.05, 0) is 17.5 Å². The van der Waals surface area contributed by atoms with Crippen LogP contribution in [0.3, 0.4) is 0 Å². The zero-order valence-electron chi connectivity index (χ0n) is 8.45. The highest BCUT2D eigenvalue weighted by atomic mass is 32.1. The fourth-order valence-electron chi connectivity index (χ4n) is 1.26. The maximum atomic E-state index is 9.12. The van der Waals surface area contributed by atoms with E-state index in [9.17, 15) is 0 Å². The molecule has 0 fully saturated rings. The first kappa shape index (κ1) is 10.5. The average Bonchev–Trinajstić information content (AvgIpc) is 2.55. The van der Waals surface area contributed by atoms with Crippen LogP contribution in [0, 0.1) is 5.41 Å². The van der Waals surface area contributed by atoms with Gasteiger partial charge in [-0.25, -0.2) is 0 Å². The van der Waals surface area contributed by atoms with Crippen molar-refractivity contribution in [2.75, 3.05) is 25.1 Å². The molecule has 3 heteroatoms. The molecular weight excluding hydrogens is 182 g/mol. The van der Waals surface area contributed by atoms with Crippen LogP contribution in [-0.4, -0.2) is 25.3 Å². The van der Waals surface area contributed by atoms with E-state index in [2.05, 4.69) is 37.2 Å². The summed E-state index contributed by atoms with van der Waals surface area (Å²) in [4.78, 5) is 2.18. The third kappa shape index (κ3) is 3.01. The Labute approximate surface area is 83.8 Å². The van der Waals surface area contributed by atoms with E-state index in [0.717, 1.165) is 6.54 Å². The summed E-state index contributed by atoms with van der Waals surface area (Å²) in [5, 5.41) is 12.4. The van der Waals surface area contributed by atoms with Crippen LogP contribution in [0.4, 0.5) is 5.00 Å². The second-order valence-corrected chi connectivity index (χ2v) is 5.06. The predicted octanol–water partition coefficient (Wildman–Crippen LogP) is 2.20. The molecule has 0 amide bonds. The van der Waals surface area contributed by atoms with Gasteiger partial charge in [0.2, 0.25) is 0 Å². The Morgan fingerprint density at radius 1 is 1.54 bits per heavy atom. The molecule has 0 atom stereocenters. The van der Waals surface area contributed by atoms with Crippen LogP contribution in [-0.2, 0) is 0 Å². The normalized spacial score (nSPS) is 11.7. The second-order valence-electron chi connectivity index (χ2n) is 4.13. The SMILES string of the molecule is CN(CC(C)(C)CO)c1cccs1. The van der Waals surface area contributed by atoms with E-state index in [4.69, 9.17) is 5.11 Å². The fraction of sp³-hybridized carbons (Fsp3) is 0.600. The highest BCUT2D eigenvalue weighted by Crippen LogP contribution is 2.24. The number of thiophene rings is 1. The Balaban J connectivity index is 2.56. The minimum Gasteiger partial charge on any atom is -0.396 e. The summed E-state index contributed by atoms with van der Waals surface area (Å²) < 4.78 is 0. The molecule has 0 radical (unpaired) electrons. The van der Waals surface area contributed by atoms with Crippen molar-refractivity contribution in [2.45, 2.75) is 13.8 Å². The van der Waals surface area contributed by atoms with Crippen molar-refractivity contribution in [3.63, 3.8) is 0 Å². The molecule has 0 aliphatic rings. The first-order valence-electron chi connectivity index (χ1n) is 4.41. The zero-order valence-corrected chi connectivity index (χ0v) is 9.27. The van der Waals surface area contributed by atoms with Crippen LogP contribution in [0.15, 0.2) is 17.5 Å². The van der Waals surface area contributed by atoms with Gasteiger partial charge in [0, 0.05) is 25.6 Å². The molecule has 1 N–H and O–H groups in total. The highest BCUT2D eigenvalue weighted by molar-refractivity contribution is 7.14. The smallest absolute Gasteiger partial charge is 0.0906 e. The first-order valence-corrected chi connectivity index (χ1v) is 5.29.